The summed E-state index contributed by atoms with van der Waals surface area (Å²) in [5.41, 5.74) is 6.79. The molecule has 0 amide bonds. The average molecular weight is 595 g/mol. The molecule has 5 rings (SSSR count). The van der Waals surface area contributed by atoms with E-state index in [1.165, 1.54) is 34.7 Å². The van der Waals surface area contributed by atoms with Crippen molar-refractivity contribution in [3.63, 3.8) is 0 Å². The average Bonchev–Trinajstić information content (AvgIpc) is 3.36. The first kappa shape index (κ1) is 31.5. The van der Waals surface area contributed by atoms with Gasteiger partial charge in [0.05, 0.1) is 17.6 Å². The largest absolute Gasteiger partial charge is 0.491 e. The van der Waals surface area contributed by atoms with E-state index in [0.717, 1.165) is 29.9 Å². The van der Waals surface area contributed by atoms with Gasteiger partial charge in [-0.25, -0.2) is 0 Å². The van der Waals surface area contributed by atoms with Gasteiger partial charge in [0.2, 0.25) is 0 Å². The molecule has 230 valence electrons. The van der Waals surface area contributed by atoms with Crippen LogP contribution in [0.25, 0.3) is 11.1 Å². The molecule has 0 fully saturated rings. The first-order valence-corrected chi connectivity index (χ1v) is 15.4. The van der Waals surface area contributed by atoms with Crippen LogP contribution in [-0.2, 0) is 24.4 Å². The van der Waals surface area contributed by atoms with Crippen LogP contribution < -0.4 is 9.47 Å². The molecule has 0 heterocycles. The van der Waals surface area contributed by atoms with Gasteiger partial charge >= 0.3 is 0 Å². The molecule has 4 aromatic carbocycles. The van der Waals surface area contributed by atoms with Gasteiger partial charge in [-0.15, -0.1) is 0 Å². The summed E-state index contributed by atoms with van der Waals surface area (Å²) in [5, 5.41) is 0. The van der Waals surface area contributed by atoms with E-state index < -0.39 is 5.41 Å². The van der Waals surface area contributed by atoms with Crippen molar-refractivity contribution < 1.29 is 28.5 Å². The van der Waals surface area contributed by atoms with E-state index in [-0.39, 0.29) is 31.4 Å². The van der Waals surface area contributed by atoms with Gasteiger partial charge in [-0.1, -0.05) is 86.6 Å². The van der Waals surface area contributed by atoms with E-state index in [4.69, 9.17) is 23.7 Å². The van der Waals surface area contributed by atoms with Crippen LogP contribution in [0.5, 0.6) is 11.5 Å². The molecule has 6 nitrogen and oxygen atoms in total. The third kappa shape index (κ3) is 6.58. The molecule has 0 radical (unpaired) electrons. The predicted molar refractivity (Wildman–Crippen MR) is 172 cm³/mol. The Morgan fingerprint density at radius 3 is 1.61 bits per heavy atom. The van der Waals surface area contributed by atoms with Gasteiger partial charge in [0.25, 0.3) is 0 Å². The SMILES string of the molecule is CCC(COc1ccc(C2(c3ccc(OCC(CC)OCOCC(C)=O)cc3)c3ccccc3-c3ccccc32)cc1)OC. The maximum atomic E-state index is 11.1. The summed E-state index contributed by atoms with van der Waals surface area (Å²) >= 11 is 0. The number of ether oxygens (including phenoxy) is 5. The van der Waals surface area contributed by atoms with Crippen LogP contribution in [0.3, 0.4) is 0 Å². The molecule has 0 N–H and O–H groups in total. The Morgan fingerprint density at radius 2 is 1.16 bits per heavy atom. The molecule has 0 aromatic heterocycles. The van der Waals surface area contributed by atoms with Crippen LogP contribution in [0.4, 0.5) is 0 Å². The van der Waals surface area contributed by atoms with Gasteiger partial charge in [0.15, 0.2) is 5.78 Å². The molecule has 0 bridgehead atoms. The summed E-state index contributed by atoms with van der Waals surface area (Å²) in [4.78, 5) is 11.1. The first-order chi connectivity index (χ1) is 21.5. The number of fused-ring (bicyclic) bond motifs is 3. The molecular formula is C38H42O6. The zero-order chi connectivity index (χ0) is 30.9. The van der Waals surface area contributed by atoms with Crippen molar-refractivity contribution in [1.82, 2.24) is 0 Å². The first-order valence-electron chi connectivity index (χ1n) is 15.4. The van der Waals surface area contributed by atoms with Crippen molar-refractivity contribution >= 4 is 5.78 Å². The van der Waals surface area contributed by atoms with E-state index in [2.05, 4.69) is 91.9 Å². The highest BCUT2D eigenvalue weighted by Crippen LogP contribution is 2.56. The Labute approximate surface area is 260 Å². The van der Waals surface area contributed by atoms with Gasteiger partial charge in [-0.3, -0.25) is 4.79 Å². The highest BCUT2D eigenvalue weighted by atomic mass is 16.7. The summed E-state index contributed by atoms with van der Waals surface area (Å²) in [7, 11) is 1.72. The molecule has 0 saturated carbocycles. The fourth-order valence-corrected chi connectivity index (χ4v) is 5.97. The van der Waals surface area contributed by atoms with E-state index in [1.54, 1.807) is 7.11 Å². The molecule has 0 spiro atoms. The normalized spacial score (nSPS) is 14.4. The second-order valence-corrected chi connectivity index (χ2v) is 11.1. The second-order valence-electron chi connectivity index (χ2n) is 11.1. The van der Waals surface area contributed by atoms with Gasteiger partial charge in [0.1, 0.15) is 38.1 Å². The van der Waals surface area contributed by atoms with E-state index >= 15 is 0 Å². The highest BCUT2D eigenvalue weighted by molar-refractivity contribution is 5.86. The number of hydrogen-bond donors (Lipinski definition) is 0. The lowest BCUT2D eigenvalue weighted by Gasteiger charge is -2.34. The molecule has 1 aliphatic carbocycles. The van der Waals surface area contributed by atoms with Crippen LogP contribution in [-0.4, -0.2) is 51.7 Å². The monoisotopic (exact) mass is 594 g/mol. The van der Waals surface area contributed by atoms with Crippen molar-refractivity contribution in [1.29, 1.82) is 0 Å². The third-order valence-corrected chi connectivity index (χ3v) is 8.34. The van der Waals surface area contributed by atoms with Crippen LogP contribution in [0.15, 0.2) is 97.1 Å². The fraction of sp³-hybridized carbons (Fsp3) is 0.342. The van der Waals surface area contributed by atoms with Gasteiger partial charge in [-0.2, -0.15) is 0 Å². The van der Waals surface area contributed by atoms with Gasteiger partial charge in [-0.05, 0) is 77.4 Å². The Kier molecular flexibility index (Phi) is 10.5. The fourth-order valence-electron chi connectivity index (χ4n) is 5.97. The smallest absolute Gasteiger partial charge is 0.155 e. The molecule has 0 saturated heterocycles. The number of ketones is 1. The lowest BCUT2D eigenvalue weighted by Crippen LogP contribution is -2.28. The number of rotatable bonds is 16. The Hall–Kier alpha value is -3.97. The van der Waals surface area contributed by atoms with Crippen LogP contribution in [0.2, 0.25) is 0 Å². The standard InChI is InChI=1S/C38H42O6/c1-5-30(40-4)24-42-32-19-15-28(16-20-32)38(36-13-9-7-11-34(36)35-12-8-10-14-37(35)38)29-17-21-33(22-18-29)43-25-31(6-2)44-26-41-23-27(3)39/h7-22,30-31H,5-6,23-26H2,1-4H3. The van der Waals surface area contributed by atoms with Crippen molar-refractivity contribution in [3.05, 3.63) is 119 Å². The lowest BCUT2D eigenvalue weighted by molar-refractivity contribution is -0.133. The molecule has 2 atom stereocenters. The maximum Gasteiger partial charge on any atom is 0.155 e. The zero-order valence-electron chi connectivity index (χ0n) is 26.1. The summed E-state index contributed by atoms with van der Waals surface area (Å²) in [6, 6.07) is 34.3. The number of methoxy groups -OCH3 is 1. The summed E-state index contributed by atoms with van der Waals surface area (Å²) in [5.74, 6) is 1.56. The van der Waals surface area contributed by atoms with E-state index in [0.29, 0.717) is 13.2 Å². The number of Topliss-reactive ketones (excluding diaryl/α,β-unsaturated/α-hetero) is 1. The van der Waals surface area contributed by atoms with Crippen LogP contribution >= 0.6 is 0 Å². The molecule has 44 heavy (non-hydrogen) atoms. The number of carbonyl (C=O) groups excluding carboxylic acids is 1. The molecule has 0 aliphatic heterocycles. The van der Waals surface area contributed by atoms with E-state index in [1.807, 2.05) is 19.1 Å². The molecule has 6 heteroatoms. The van der Waals surface area contributed by atoms with Gasteiger partial charge < -0.3 is 23.7 Å². The predicted octanol–water partition coefficient (Wildman–Crippen LogP) is 7.59. The van der Waals surface area contributed by atoms with Crippen LogP contribution in [0, 0.1) is 0 Å². The quantitative estimate of drug-likeness (QED) is 0.0867. The lowest BCUT2D eigenvalue weighted by atomic mass is 9.68. The number of hydrogen-bond acceptors (Lipinski definition) is 6. The van der Waals surface area contributed by atoms with Crippen molar-refractivity contribution in [2.45, 2.75) is 51.2 Å². The molecule has 2 unspecified atom stereocenters. The minimum absolute atomic E-state index is 0.0280. The summed E-state index contributed by atoms with van der Waals surface area (Å²) < 4.78 is 28.7. The Balaban J connectivity index is 1.45. The number of benzene rings is 4. The Morgan fingerprint density at radius 1 is 0.682 bits per heavy atom. The van der Waals surface area contributed by atoms with Crippen LogP contribution in [0.1, 0.15) is 55.9 Å². The van der Waals surface area contributed by atoms with Crippen molar-refractivity contribution in [2.24, 2.45) is 0 Å². The number of carbonyl (C=O) groups is 1. The highest BCUT2D eigenvalue weighted by Gasteiger charge is 2.45. The van der Waals surface area contributed by atoms with Crippen molar-refractivity contribution in [3.8, 4) is 22.6 Å². The Bertz CT molecular complexity index is 1460. The second kappa shape index (κ2) is 14.7. The molecule has 4 aromatic rings. The molecular weight excluding hydrogens is 552 g/mol. The topological polar surface area (TPSA) is 63.2 Å². The van der Waals surface area contributed by atoms with Crippen molar-refractivity contribution in [2.75, 3.05) is 33.7 Å². The zero-order valence-corrected chi connectivity index (χ0v) is 26.1. The van der Waals surface area contributed by atoms with Gasteiger partial charge in [0, 0.05) is 7.11 Å². The summed E-state index contributed by atoms with van der Waals surface area (Å²) in [6.07, 6.45) is 1.59. The minimum Gasteiger partial charge on any atom is -0.491 e. The summed E-state index contributed by atoms with van der Waals surface area (Å²) in [6.45, 7) is 6.65. The maximum absolute atomic E-state index is 11.1. The molecule has 1 aliphatic rings. The minimum atomic E-state index is -0.508. The van der Waals surface area contributed by atoms with E-state index in [9.17, 15) is 4.79 Å². The third-order valence-electron chi connectivity index (χ3n) is 8.34.